The monoisotopic (exact) mass is 500 g/mol. The molecule has 0 spiro atoms. The van der Waals surface area contributed by atoms with Crippen molar-refractivity contribution in [1.29, 1.82) is 0 Å². The number of benzene rings is 2. The van der Waals surface area contributed by atoms with E-state index in [0.717, 1.165) is 35.7 Å². The lowest BCUT2D eigenvalue weighted by Gasteiger charge is -2.23. The molecule has 0 bridgehead atoms. The molecule has 0 saturated carbocycles. The predicted octanol–water partition coefficient (Wildman–Crippen LogP) is 5.31. The molecular weight excluding hydrogens is 492 g/mol. The quantitative estimate of drug-likeness (QED) is 0.431. The minimum atomic E-state index is -0.331. The first-order chi connectivity index (χ1) is 11.6. The number of nitrogens with one attached hydrogen (secondary N) is 2. The molecule has 2 aliphatic rings. The van der Waals surface area contributed by atoms with Crippen LogP contribution in [0.15, 0.2) is 61.9 Å². The van der Waals surface area contributed by atoms with Crippen LogP contribution in [0.3, 0.4) is 0 Å². The third-order valence-corrected chi connectivity index (χ3v) is 8.06. The van der Waals surface area contributed by atoms with E-state index in [4.69, 9.17) is 16.6 Å². The van der Waals surface area contributed by atoms with Crippen LogP contribution < -0.4 is 15.5 Å². The molecule has 2 aromatic rings. The topological polar surface area (TPSA) is 39.7 Å². The zero-order chi connectivity index (χ0) is 16.7. The summed E-state index contributed by atoms with van der Waals surface area (Å²) in [4.78, 5) is 2.09. The molecule has 0 radical (unpaired) electrons. The van der Waals surface area contributed by atoms with Crippen molar-refractivity contribution in [3.63, 3.8) is 0 Å². The number of hydrogen-bond acceptors (Lipinski definition) is 5. The van der Waals surface area contributed by atoms with Crippen LogP contribution in [0.4, 0.5) is 11.4 Å². The zero-order valence-corrected chi connectivity index (χ0v) is 17.6. The molecule has 0 aliphatic carbocycles. The lowest BCUT2D eigenvalue weighted by Crippen LogP contribution is -2.44. The van der Waals surface area contributed by atoms with Crippen molar-refractivity contribution in [2.45, 2.75) is 0 Å². The van der Waals surface area contributed by atoms with E-state index >= 15 is 0 Å². The van der Waals surface area contributed by atoms with Crippen LogP contribution in [-0.2, 0) is 0 Å². The Kier molecular flexibility index (Phi) is 4.70. The van der Waals surface area contributed by atoms with E-state index < -0.39 is 0 Å². The number of guanidine groups is 1. The maximum Gasteiger partial charge on any atom is 0.221 e. The van der Waals surface area contributed by atoms with E-state index in [1.165, 1.54) is 0 Å². The van der Waals surface area contributed by atoms with Gasteiger partial charge in [-0.1, -0.05) is 44.1 Å². The van der Waals surface area contributed by atoms with Gasteiger partial charge in [-0.2, -0.15) is 4.40 Å². The Hall–Kier alpha value is -0.870. The molecule has 4 rings (SSSR count). The van der Waals surface area contributed by atoms with E-state index in [1.807, 2.05) is 36.4 Å². The van der Waals surface area contributed by atoms with Gasteiger partial charge in [-0.05, 0) is 59.3 Å². The minimum Gasteiger partial charge on any atom is -0.325 e. The molecule has 2 N–H and O–H groups in total. The summed E-state index contributed by atoms with van der Waals surface area (Å²) in [5.74, 6) is 0.792. The molecule has 2 aliphatic heterocycles. The Morgan fingerprint density at radius 3 is 2.33 bits per heavy atom. The fourth-order valence-electron chi connectivity index (χ4n) is 2.25. The summed E-state index contributed by atoms with van der Waals surface area (Å²) < 4.78 is 7.66. The zero-order valence-electron chi connectivity index (χ0n) is 12.0. The molecule has 4 nitrogen and oxygen atoms in total. The summed E-state index contributed by atoms with van der Waals surface area (Å²) in [5.41, 5.74) is 2.02. The van der Waals surface area contributed by atoms with E-state index in [1.54, 1.807) is 10.8 Å². The summed E-state index contributed by atoms with van der Waals surface area (Å²) in [6, 6.07) is 16.2. The summed E-state index contributed by atoms with van der Waals surface area (Å²) in [6.07, 6.45) is 0. The molecule has 9 heteroatoms. The van der Waals surface area contributed by atoms with Crippen LogP contribution in [0.2, 0.25) is 0 Å². The molecule has 2 aromatic carbocycles. The largest absolute Gasteiger partial charge is 0.325 e. The van der Waals surface area contributed by atoms with Gasteiger partial charge in [0.15, 0.2) is 9.43 Å². The number of hydrogen-bond donors (Lipinski definition) is 2. The SMILES string of the molecule is S=C1NC2=S(N=C(Nc3ccc(Br)cc3)N2c2ccc(Br)cc2)S1. The van der Waals surface area contributed by atoms with Crippen molar-refractivity contribution in [2.24, 2.45) is 4.40 Å². The third kappa shape index (κ3) is 3.28. The van der Waals surface area contributed by atoms with Gasteiger partial charge in [0.1, 0.15) is 0 Å². The molecule has 0 amide bonds. The molecule has 0 saturated heterocycles. The lowest BCUT2D eigenvalue weighted by molar-refractivity contribution is 1.33. The standard InChI is InChI=1S/C15H10Br2N4S3/c16-9-1-5-11(6-2-9)18-13-20-24-14(19-15(22)23-24)21(13)12-7-3-10(17)4-8-12/h1-8H,(H,18,20)(H,19,22). The number of rotatable bonds is 2. The maximum atomic E-state index is 5.29. The minimum absolute atomic E-state index is 0.331. The van der Waals surface area contributed by atoms with Gasteiger partial charge in [-0.15, -0.1) is 0 Å². The Labute approximate surface area is 167 Å². The Bertz CT molecular complexity index is 879. The first-order valence-electron chi connectivity index (χ1n) is 6.88. The van der Waals surface area contributed by atoms with Gasteiger partial charge in [0.05, 0.1) is 5.69 Å². The molecule has 2 heterocycles. The molecule has 0 aromatic heterocycles. The van der Waals surface area contributed by atoms with E-state index in [-0.39, 0.29) is 9.70 Å². The van der Waals surface area contributed by atoms with Gasteiger partial charge in [0, 0.05) is 24.3 Å². The lowest BCUT2D eigenvalue weighted by atomic mass is 10.3. The van der Waals surface area contributed by atoms with Crippen LogP contribution in [-0.4, -0.2) is 15.4 Å². The predicted molar refractivity (Wildman–Crippen MR) is 118 cm³/mol. The fourth-order valence-corrected chi connectivity index (χ4v) is 6.35. The Morgan fingerprint density at radius 2 is 1.67 bits per heavy atom. The van der Waals surface area contributed by atoms with Crippen molar-refractivity contribution in [3.05, 3.63) is 57.5 Å². The van der Waals surface area contributed by atoms with Crippen molar-refractivity contribution in [2.75, 3.05) is 10.2 Å². The first kappa shape index (κ1) is 16.6. The van der Waals surface area contributed by atoms with Gasteiger partial charge >= 0.3 is 0 Å². The average Bonchev–Trinajstić information content (AvgIpc) is 3.06. The maximum absolute atomic E-state index is 5.29. The second kappa shape index (κ2) is 6.80. The van der Waals surface area contributed by atoms with Gasteiger partial charge in [0.25, 0.3) is 0 Å². The van der Waals surface area contributed by atoms with Crippen molar-refractivity contribution in [3.8, 4) is 0 Å². The first-order valence-corrected chi connectivity index (χ1v) is 11.4. The molecule has 24 heavy (non-hydrogen) atoms. The van der Waals surface area contributed by atoms with Crippen molar-refractivity contribution in [1.82, 2.24) is 5.32 Å². The number of anilines is 2. The summed E-state index contributed by atoms with van der Waals surface area (Å²) in [5, 5.41) is 7.69. The number of halogens is 2. The average molecular weight is 502 g/mol. The highest BCUT2D eigenvalue weighted by atomic mass is 79.9. The summed E-state index contributed by atoms with van der Waals surface area (Å²) in [6.45, 7) is 0. The molecular formula is C15H10Br2N4S3. The van der Waals surface area contributed by atoms with Crippen LogP contribution in [0, 0.1) is 0 Å². The molecule has 122 valence electrons. The normalized spacial score (nSPS) is 19.2. The fraction of sp³-hybridized carbons (Fsp3) is 0. The summed E-state index contributed by atoms with van der Waals surface area (Å²) >= 11 is 12.2. The Morgan fingerprint density at radius 1 is 1.04 bits per heavy atom. The molecule has 0 fully saturated rings. The Balaban J connectivity index is 1.69. The third-order valence-electron chi connectivity index (χ3n) is 3.30. The van der Waals surface area contributed by atoms with Gasteiger partial charge in [-0.3, -0.25) is 4.90 Å². The summed E-state index contributed by atoms with van der Waals surface area (Å²) in [7, 11) is 1.25. The van der Waals surface area contributed by atoms with E-state index in [2.05, 4.69) is 59.5 Å². The van der Waals surface area contributed by atoms with Gasteiger partial charge in [0.2, 0.25) is 5.96 Å². The van der Waals surface area contributed by atoms with Crippen LogP contribution >= 0.6 is 64.6 Å². The van der Waals surface area contributed by atoms with Crippen LogP contribution in [0.1, 0.15) is 0 Å². The molecule has 1 atom stereocenters. The van der Waals surface area contributed by atoms with Crippen molar-refractivity contribution < 1.29 is 0 Å². The molecule has 1 unspecified atom stereocenters. The highest BCUT2D eigenvalue weighted by Crippen LogP contribution is 2.44. The second-order valence-electron chi connectivity index (χ2n) is 4.91. The van der Waals surface area contributed by atoms with E-state index in [0.29, 0.717) is 0 Å². The van der Waals surface area contributed by atoms with E-state index in [9.17, 15) is 0 Å². The number of thiocarbonyl (C=S) groups is 1. The highest BCUT2D eigenvalue weighted by Gasteiger charge is 2.33. The van der Waals surface area contributed by atoms with Crippen molar-refractivity contribution >= 4 is 91.3 Å². The van der Waals surface area contributed by atoms with Gasteiger partial charge < -0.3 is 10.6 Å². The second-order valence-corrected chi connectivity index (χ2v) is 10.5. The van der Waals surface area contributed by atoms with Gasteiger partial charge in [-0.25, -0.2) is 0 Å². The van der Waals surface area contributed by atoms with Crippen LogP contribution in [0.25, 0.3) is 0 Å². The smallest absolute Gasteiger partial charge is 0.221 e. The number of nitrogens with zero attached hydrogens (tertiary/aromatic N) is 2. The highest BCUT2D eigenvalue weighted by molar-refractivity contribution is 9.10. The van der Waals surface area contributed by atoms with Crippen LogP contribution in [0.5, 0.6) is 0 Å².